The van der Waals surface area contributed by atoms with E-state index in [1.807, 2.05) is 0 Å². The number of fused-ring (bicyclic) bond motifs is 1. The molecule has 8 heteroatoms. The fourth-order valence-electron chi connectivity index (χ4n) is 2.94. The highest BCUT2D eigenvalue weighted by molar-refractivity contribution is 5.77. The van der Waals surface area contributed by atoms with Gasteiger partial charge in [-0.2, -0.15) is 0 Å². The van der Waals surface area contributed by atoms with E-state index in [0.29, 0.717) is 17.9 Å². The molecule has 0 N–H and O–H groups in total. The van der Waals surface area contributed by atoms with Crippen LogP contribution in [0.5, 0.6) is 5.75 Å². The molecular weight excluding hydrogens is 339 g/mol. The number of terminal acetylenes is 1. The standard InChI is InChI=1S/C18H17FN4O3/c1-5-9-23-17(24)14-16(22(6-2)18(23)25)20-15(21(14)3)11-7-8-12(19)13(10-11)26-4/h1,7-8,10H,6,9H2,2-4H3. The molecule has 7 nitrogen and oxygen atoms in total. The molecule has 2 aromatic heterocycles. The Morgan fingerprint density at radius 1 is 1.31 bits per heavy atom. The summed E-state index contributed by atoms with van der Waals surface area (Å²) in [6.45, 7) is 1.97. The van der Waals surface area contributed by atoms with Crippen LogP contribution in [0.3, 0.4) is 0 Å². The maximum absolute atomic E-state index is 13.7. The van der Waals surface area contributed by atoms with Crippen LogP contribution >= 0.6 is 0 Å². The molecular formula is C18H17FN4O3. The van der Waals surface area contributed by atoms with Gasteiger partial charge < -0.3 is 9.30 Å². The summed E-state index contributed by atoms with van der Waals surface area (Å²) in [6, 6.07) is 4.29. The Balaban J connectivity index is 2.40. The molecule has 0 fully saturated rings. The molecule has 3 aromatic rings. The predicted octanol–water partition coefficient (Wildman–Crippen LogP) is 1.36. The first-order chi connectivity index (χ1) is 12.4. The number of methoxy groups -OCH3 is 1. The molecule has 0 aliphatic rings. The quantitative estimate of drug-likeness (QED) is 0.662. The Kier molecular flexibility index (Phi) is 4.38. The molecule has 0 bridgehead atoms. The molecule has 0 radical (unpaired) electrons. The van der Waals surface area contributed by atoms with E-state index in [2.05, 4.69) is 10.9 Å². The van der Waals surface area contributed by atoms with Crippen LogP contribution in [0.15, 0.2) is 27.8 Å². The molecule has 2 heterocycles. The van der Waals surface area contributed by atoms with Crippen LogP contribution in [0, 0.1) is 18.2 Å². The third-order valence-electron chi connectivity index (χ3n) is 4.22. The van der Waals surface area contributed by atoms with E-state index in [4.69, 9.17) is 11.2 Å². The summed E-state index contributed by atoms with van der Waals surface area (Å²) in [5, 5.41) is 0. The second-order valence-corrected chi connectivity index (χ2v) is 5.64. The van der Waals surface area contributed by atoms with Crippen LogP contribution in [-0.2, 0) is 20.1 Å². The van der Waals surface area contributed by atoms with Gasteiger partial charge in [0.25, 0.3) is 5.56 Å². The smallest absolute Gasteiger partial charge is 0.333 e. The lowest BCUT2D eigenvalue weighted by molar-refractivity contribution is 0.386. The van der Waals surface area contributed by atoms with Gasteiger partial charge >= 0.3 is 5.69 Å². The zero-order valence-corrected chi connectivity index (χ0v) is 14.6. The molecule has 0 amide bonds. The number of imidazole rings is 1. The summed E-state index contributed by atoms with van der Waals surface area (Å²) in [6.07, 6.45) is 5.28. The van der Waals surface area contributed by atoms with Crippen molar-refractivity contribution in [2.75, 3.05) is 7.11 Å². The fraction of sp³-hybridized carbons (Fsp3) is 0.278. The number of rotatable bonds is 4. The average molecular weight is 356 g/mol. The van der Waals surface area contributed by atoms with Crippen molar-refractivity contribution in [2.45, 2.75) is 20.0 Å². The van der Waals surface area contributed by atoms with Crippen molar-refractivity contribution >= 4 is 11.2 Å². The van der Waals surface area contributed by atoms with Gasteiger partial charge in [-0.05, 0) is 25.1 Å². The molecule has 134 valence electrons. The zero-order chi connectivity index (χ0) is 19.0. The summed E-state index contributed by atoms with van der Waals surface area (Å²) in [4.78, 5) is 29.8. The monoisotopic (exact) mass is 356 g/mol. The van der Waals surface area contributed by atoms with Gasteiger partial charge in [-0.1, -0.05) is 5.92 Å². The first kappa shape index (κ1) is 17.5. The highest BCUT2D eigenvalue weighted by atomic mass is 19.1. The Bertz CT molecular complexity index is 1160. The van der Waals surface area contributed by atoms with E-state index in [1.54, 1.807) is 18.5 Å². The summed E-state index contributed by atoms with van der Waals surface area (Å²) in [5.74, 6) is 2.29. The Hall–Kier alpha value is -3.34. The number of hydrogen-bond donors (Lipinski definition) is 0. The van der Waals surface area contributed by atoms with Gasteiger partial charge in [-0.15, -0.1) is 6.42 Å². The number of aryl methyl sites for hydroxylation is 2. The second-order valence-electron chi connectivity index (χ2n) is 5.64. The Morgan fingerprint density at radius 2 is 2.04 bits per heavy atom. The van der Waals surface area contributed by atoms with Crippen LogP contribution < -0.4 is 16.0 Å². The molecule has 0 unspecified atom stereocenters. The molecule has 0 saturated carbocycles. The van der Waals surface area contributed by atoms with E-state index in [0.717, 1.165) is 4.57 Å². The minimum Gasteiger partial charge on any atom is -0.494 e. The van der Waals surface area contributed by atoms with E-state index < -0.39 is 17.1 Å². The van der Waals surface area contributed by atoms with Crippen LogP contribution in [0.1, 0.15) is 6.92 Å². The van der Waals surface area contributed by atoms with Crippen molar-refractivity contribution in [2.24, 2.45) is 7.05 Å². The van der Waals surface area contributed by atoms with E-state index in [1.165, 1.54) is 29.9 Å². The topological polar surface area (TPSA) is 71.1 Å². The molecule has 0 atom stereocenters. The lowest BCUT2D eigenvalue weighted by Gasteiger charge is -2.08. The minimum atomic E-state index is -0.511. The molecule has 1 aromatic carbocycles. The van der Waals surface area contributed by atoms with Crippen LogP contribution in [0.25, 0.3) is 22.6 Å². The summed E-state index contributed by atoms with van der Waals surface area (Å²) >= 11 is 0. The molecule has 0 aliphatic carbocycles. The van der Waals surface area contributed by atoms with Crippen LogP contribution in [0.2, 0.25) is 0 Å². The summed E-state index contributed by atoms with van der Waals surface area (Å²) in [5.41, 5.74) is 0.0452. The van der Waals surface area contributed by atoms with Crippen molar-refractivity contribution < 1.29 is 9.13 Å². The van der Waals surface area contributed by atoms with Crippen LogP contribution in [0.4, 0.5) is 4.39 Å². The molecule has 0 saturated heterocycles. The number of aromatic nitrogens is 4. The number of nitrogens with zero attached hydrogens (tertiary/aromatic N) is 4. The lowest BCUT2D eigenvalue weighted by Crippen LogP contribution is -2.40. The number of benzene rings is 1. The van der Waals surface area contributed by atoms with Crippen LogP contribution in [-0.4, -0.2) is 25.8 Å². The molecule has 0 spiro atoms. The minimum absolute atomic E-state index is 0.0622. The van der Waals surface area contributed by atoms with Gasteiger partial charge in [0.2, 0.25) is 0 Å². The van der Waals surface area contributed by atoms with Gasteiger partial charge in [-0.25, -0.2) is 18.7 Å². The summed E-state index contributed by atoms with van der Waals surface area (Å²) < 4.78 is 22.7. The van der Waals surface area contributed by atoms with Crippen molar-refractivity contribution in [1.82, 2.24) is 18.7 Å². The highest BCUT2D eigenvalue weighted by Crippen LogP contribution is 2.27. The SMILES string of the molecule is C#CCn1c(=O)c2c(nc(-c3ccc(F)c(OC)c3)n2C)n(CC)c1=O. The fourth-order valence-corrected chi connectivity index (χ4v) is 2.94. The maximum atomic E-state index is 13.7. The Labute approximate surface area is 148 Å². The molecule has 26 heavy (non-hydrogen) atoms. The predicted molar refractivity (Wildman–Crippen MR) is 95.7 cm³/mol. The third-order valence-corrected chi connectivity index (χ3v) is 4.22. The maximum Gasteiger partial charge on any atom is 0.333 e. The van der Waals surface area contributed by atoms with Crippen molar-refractivity contribution in [3.63, 3.8) is 0 Å². The average Bonchev–Trinajstić information content (AvgIpc) is 2.97. The van der Waals surface area contributed by atoms with Gasteiger partial charge in [-0.3, -0.25) is 9.36 Å². The van der Waals surface area contributed by atoms with E-state index >= 15 is 0 Å². The number of ether oxygens (including phenoxy) is 1. The van der Waals surface area contributed by atoms with Crippen molar-refractivity contribution in [3.8, 4) is 29.5 Å². The second kappa shape index (κ2) is 6.52. The van der Waals surface area contributed by atoms with Gasteiger partial charge in [0.15, 0.2) is 22.7 Å². The summed E-state index contributed by atoms with van der Waals surface area (Å²) in [7, 11) is 3.02. The first-order valence-electron chi connectivity index (χ1n) is 7.92. The molecule has 3 rings (SSSR count). The number of hydrogen-bond acceptors (Lipinski definition) is 4. The van der Waals surface area contributed by atoms with Gasteiger partial charge in [0, 0.05) is 19.2 Å². The third kappa shape index (κ3) is 2.49. The lowest BCUT2D eigenvalue weighted by atomic mass is 10.2. The van der Waals surface area contributed by atoms with Gasteiger partial charge in [0.1, 0.15) is 5.82 Å². The van der Waals surface area contributed by atoms with Gasteiger partial charge in [0.05, 0.1) is 13.7 Å². The highest BCUT2D eigenvalue weighted by Gasteiger charge is 2.20. The largest absolute Gasteiger partial charge is 0.494 e. The Morgan fingerprint density at radius 3 is 2.65 bits per heavy atom. The van der Waals surface area contributed by atoms with E-state index in [-0.39, 0.29) is 23.5 Å². The first-order valence-corrected chi connectivity index (χ1v) is 7.92. The zero-order valence-electron chi connectivity index (χ0n) is 14.6. The van der Waals surface area contributed by atoms with Crippen molar-refractivity contribution in [1.29, 1.82) is 0 Å². The molecule has 0 aliphatic heterocycles. The van der Waals surface area contributed by atoms with E-state index in [9.17, 15) is 14.0 Å². The normalized spacial score (nSPS) is 10.9. The number of halogens is 1. The van der Waals surface area contributed by atoms with Crippen molar-refractivity contribution in [3.05, 3.63) is 44.9 Å².